The summed E-state index contributed by atoms with van der Waals surface area (Å²) in [6, 6.07) is 2.13. The molecular weight excluding hydrogens is 264 g/mol. The summed E-state index contributed by atoms with van der Waals surface area (Å²) < 4.78 is 0. The van der Waals surface area contributed by atoms with E-state index in [1.54, 1.807) is 11.3 Å². The smallest absolute Gasteiger partial charge is 0.102 e. The molecule has 96 valence electrons. The monoisotopic (exact) mass is 280 g/mol. The molecule has 18 heavy (non-hydrogen) atoms. The Morgan fingerprint density at radius 3 is 3.11 bits per heavy atom. The van der Waals surface area contributed by atoms with Crippen LogP contribution in [-0.4, -0.2) is 30.0 Å². The van der Waals surface area contributed by atoms with E-state index in [9.17, 15) is 0 Å². The number of nitriles is 1. The molecular formula is C12H16N4S2. The first-order valence-corrected chi connectivity index (χ1v) is 7.63. The Morgan fingerprint density at radius 2 is 2.44 bits per heavy atom. The summed E-state index contributed by atoms with van der Waals surface area (Å²) in [6.07, 6.45) is 7.39. The van der Waals surface area contributed by atoms with Gasteiger partial charge in [0, 0.05) is 29.6 Å². The fourth-order valence-corrected chi connectivity index (χ4v) is 2.86. The van der Waals surface area contributed by atoms with E-state index in [0.29, 0.717) is 13.0 Å². The van der Waals surface area contributed by atoms with Gasteiger partial charge in [-0.05, 0) is 0 Å². The first-order valence-electron chi connectivity index (χ1n) is 5.60. The summed E-state index contributed by atoms with van der Waals surface area (Å²) in [5.74, 6) is 4.43. The molecule has 0 saturated heterocycles. The van der Waals surface area contributed by atoms with E-state index in [2.05, 4.69) is 27.6 Å². The highest BCUT2D eigenvalue weighted by molar-refractivity contribution is 7.98. The molecule has 0 aliphatic carbocycles. The Hall–Kier alpha value is -1.05. The van der Waals surface area contributed by atoms with Crippen LogP contribution in [0.4, 0.5) is 0 Å². The molecule has 1 heterocycles. The van der Waals surface area contributed by atoms with Crippen LogP contribution in [-0.2, 0) is 5.75 Å². The van der Waals surface area contributed by atoms with Crippen molar-refractivity contribution in [2.45, 2.75) is 18.3 Å². The Labute approximate surface area is 116 Å². The summed E-state index contributed by atoms with van der Waals surface area (Å²) in [6.45, 7) is 1.32. The van der Waals surface area contributed by atoms with Crippen molar-refractivity contribution in [2.24, 2.45) is 0 Å². The van der Waals surface area contributed by atoms with Crippen LogP contribution < -0.4 is 10.6 Å². The highest BCUT2D eigenvalue weighted by Crippen LogP contribution is 2.13. The third-order valence-electron chi connectivity index (χ3n) is 2.09. The van der Waals surface area contributed by atoms with Crippen molar-refractivity contribution in [3.63, 3.8) is 0 Å². The van der Waals surface area contributed by atoms with E-state index in [-0.39, 0.29) is 6.17 Å². The lowest BCUT2D eigenvalue weighted by Crippen LogP contribution is -2.43. The van der Waals surface area contributed by atoms with E-state index in [1.165, 1.54) is 0 Å². The number of thiazole rings is 1. The predicted octanol–water partition coefficient (Wildman–Crippen LogP) is 1.43. The van der Waals surface area contributed by atoms with Crippen molar-refractivity contribution in [2.75, 3.05) is 18.8 Å². The lowest BCUT2D eigenvalue weighted by Gasteiger charge is -2.15. The summed E-state index contributed by atoms with van der Waals surface area (Å²) in [4.78, 5) is 4.22. The molecule has 0 aliphatic rings. The van der Waals surface area contributed by atoms with Gasteiger partial charge in [-0.3, -0.25) is 5.32 Å². The molecule has 0 bridgehead atoms. The first-order chi connectivity index (χ1) is 8.86. The van der Waals surface area contributed by atoms with Gasteiger partial charge in [0.25, 0.3) is 0 Å². The maximum absolute atomic E-state index is 8.67. The van der Waals surface area contributed by atoms with Crippen LogP contribution in [0, 0.1) is 23.7 Å². The molecule has 0 aliphatic heterocycles. The second-order valence-corrected chi connectivity index (χ2v) is 5.52. The lowest BCUT2D eigenvalue weighted by molar-refractivity contribution is 0.464. The normalized spacial score (nSPS) is 11.7. The molecule has 4 nitrogen and oxygen atoms in total. The average Bonchev–Trinajstić information content (AvgIpc) is 2.88. The highest BCUT2D eigenvalue weighted by Gasteiger charge is 2.05. The zero-order valence-corrected chi connectivity index (χ0v) is 11.7. The zero-order valence-electron chi connectivity index (χ0n) is 10.1. The molecule has 0 saturated carbocycles. The molecule has 2 N–H and O–H groups in total. The van der Waals surface area contributed by atoms with Crippen LogP contribution in [0.15, 0.2) is 11.6 Å². The standard InChI is InChI=1S/C12H16N4S2/c1-2-5-14-11(3-4-13)15-6-8-17-10-12-16-7-9-18-12/h1,7,9,11,14-15H,3,5-6,8,10H2. The van der Waals surface area contributed by atoms with Gasteiger partial charge in [-0.1, -0.05) is 5.92 Å². The van der Waals surface area contributed by atoms with Crippen LogP contribution in [0.1, 0.15) is 11.4 Å². The molecule has 0 aromatic carbocycles. The number of aromatic nitrogens is 1. The van der Waals surface area contributed by atoms with E-state index in [0.717, 1.165) is 23.1 Å². The second-order valence-electron chi connectivity index (χ2n) is 3.43. The maximum Gasteiger partial charge on any atom is 0.102 e. The van der Waals surface area contributed by atoms with Crippen LogP contribution in [0.2, 0.25) is 0 Å². The van der Waals surface area contributed by atoms with E-state index in [4.69, 9.17) is 11.7 Å². The van der Waals surface area contributed by atoms with Crippen LogP contribution >= 0.6 is 23.1 Å². The summed E-state index contributed by atoms with van der Waals surface area (Å²) in [5.41, 5.74) is 0. The minimum Gasteiger partial charge on any atom is -0.300 e. The molecule has 1 aromatic rings. The number of rotatable bonds is 9. The number of terminal acetylenes is 1. The third kappa shape index (κ3) is 6.63. The van der Waals surface area contributed by atoms with Gasteiger partial charge >= 0.3 is 0 Å². The Bertz CT molecular complexity index is 391. The van der Waals surface area contributed by atoms with Crippen molar-refractivity contribution in [3.8, 4) is 18.4 Å². The minimum absolute atomic E-state index is 0.0217. The molecule has 1 rings (SSSR count). The fraction of sp³-hybridized carbons (Fsp3) is 0.500. The van der Waals surface area contributed by atoms with Crippen LogP contribution in [0.5, 0.6) is 0 Å². The number of nitrogens with one attached hydrogen (secondary N) is 2. The maximum atomic E-state index is 8.67. The number of hydrogen-bond donors (Lipinski definition) is 2. The van der Waals surface area contributed by atoms with E-state index < -0.39 is 0 Å². The highest BCUT2D eigenvalue weighted by atomic mass is 32.2. The molecule has 0 radical (unpaired) electrons. The molecule has 0 fully saturated rings. The SMILES string of the molecule is C#CCNC(CC#N)NCCSCc1nccs1. The van der Waals surface area contributed by atoms with Gasteiger partial charge in [0.2, 0.25) is 0 Å². The van der Waals surface area contributed by atoms with E-state index in [1.807, 2.05) is 23.3 Å². The average molecular weight is 280 g/mol. The fourth-order valence-electron chi connectivity index (χ4n) is 1.28. The van der Waals surface area contributed by atoms with Crippen LogP contribution in [0.3, 0.4) is 0 Å². The molecule has 1 aromatic heterocycles. The topological polar surface area (TPSA) is 60.7 Å². The largest absolute Gasteiger partial charge is 0.300 e. The summed E-state index contributed by atoms with van der Waals surface area (Å²) in [5, 5.41) is 18.2. The van der Waals surface area contributed by atoms with Gasteiger partial charge in [-0.15, -0.1) is 17.8 Å². The van der Waals surface area contributed by atoms with Crippen molar-refractivity contribution < 1.29 is 0 Å². The number of nitrogens with zero attached hydrogens (tertiary/aromatic N) is 2. The van der Waals surface area contributed by atoms with Gasteiger partial charge in [-0.25, -0.2) is 4.98 Å². The third-order valence-corrected chi connectivity index (χ3v) is 4.02. The van der Waals surface area contributed by atoms with Gasteiger partial charge in [0.15, 0.2) is 0 Å². The van der Waals surface area contributed by atoms with Gasteiger partial charge in [0.1, 0.15) is 5.01 Å². The van der Waals surface area contributed by atoms with Crippen molar-refractivity contribution in [1.29, 1.82) is 5.26 Å². The van der Waals surface area contributed by atoms with Gasteiger partial charge < -0.3 is 5.32 Å². The minimum atomic E-state index is -0.0217. The molecule has 6 heteroatoms. The zero-order chi connectivity index (χ0) is 13.1. The van der Waals surface area contributed by atoms with Crippen molar-refractivity contribution >= 4 is 23.1 Å². The lowest BCUT2D eigenvalue weighted by atomic mass is 10.3. The Kier molecular flexibility index (Phi) is 8.28. The van der Waals surface area contributed by atoms with Gasteiger partial charge in [0.05, 0.1) is 25.2 Å². The second kappa shape index (κ2) is 9.93. The summed E-state index contributed by atoms with van der Waals surface area (Å²) >= 11 is 3.51. The van der Waals surface area contributed by atoms with Crippen molar-refractivity contribution in [1.82, 2.24) is 15.6 Å². The number of thioether (sulfide) groups is 1. The molecule has 0 spiro atoms. The predicted molar refractivity (Wildman–Crippen MR) is 77.1 cm³/mol. The quantitative estimate of drug-likeness (QED) is 0.407. The van der Waals surface area contributed by atoms with E-state index >= 15 is 0 Å². The Morgan fingerprint density at radius 1 is 1.56 bits per heavy atom. The molecule has 0 amide bonds. The Balaban J connectivity index is 2.07. The first kappa shape index (κ1) is 15.0. The van der Waals surface area contributed by atoms with Gasteiger partial charge in [-0.2, -0.15) is 17.0 Å². The molecule has 1 unspecified atom stereocenters. The number of hydrogen-bond acceptors (Lipinski definition) is 6. The molecule has 1 atom stereocenters. The van der Waals surface area contributed by atoms with Crippen molar-refractivity contribution in [3.05, 3.63) is 16.6 Å². The van der Waals surface area contributed by atoms with Crippen LogP contribution in [0.25, 0.3) is 0 Å². The summed E-state index contributed by atoms with van der Waals surface area (Å²) in [7, 11) is 0.